The number of benzene rings is 2. The SMILES string of the molecule is COc1cc(Nc2c(C#N)cnc3cc(-c4ccc(CNCCO)o4)ccc23)c(Cl)cc1Cl. The third kappa shape index (κ3) is 4.90. The fourth-order valence-electron chi connectivity index (χ4n) is 3.40. The minimum Gasteiger partial charge on any atom is -0.495 e. The van der Waals surface area contributed by atoms with E-state index in [0.29, 0.717) is 57.1 Å². The van der Waals surface area contributed by atoms with E-state index in [-0.39, 0.29) is 6.61 Å². The summed E-state index contributed by atoms with van der Waals surface area (Å²) in [5, 5.41) is 26.4. The van der Waals surface area contributed by atoms with Gasteiger partial charge in [-0.15, -0.1) is 0 Å². The summed E-state index contributed by atoms with van der Waals surface area (Å²) in [5.74, 6) is 1.92. The number of nitriles is 1. The molecule has 33 heavy (non-hydrogen) atoms. The highest BCUT2D eigenvalue weighted by Gasteiger charge is 2.15. The van der Waals surface area contributed by atoms with Crippen LogP contribution in [0.15, 0.2) is 53.1 Å². The van der Waals surface area contributed by atoms with Gasteiger partial charge in [0.2, 0.25) is 0 Å². The number of nitrogens with zero attached hydrogens (tertiary/aromatic N) is 2. The van der Waals surface area contributed by atoms with Gasteiger partial charge in [-0.3, -0.25) is 4.98 Å². The molecule has 0 spiro atoms. The van der Waals surface area contributed by atoms with Crippen LogP contribution in [0, 0.1) is 11.3 Å². The van der Waals surface area contributed by atoms with Gasteiger partial charge in [0.25, 0.3) is 0 Å². The Morgan fingerprint density at radius 1 is 1.15 bits per heavy atom. The van der Waals surface area contributed by atoms with Crippen LogP contribution in [0.2, 0.25) is 10.0 Å². The molecule has 0 saturated carbocycles. The second-order valence-electron chi connectivity index (χ2n) is 7.15. The molecule has 2 aromatic heterocycles. The molecule has 0 unspecified atom stereocenters. The standard InChI is InChI=1S/C24H20Cl2N4O3/c1-32-23-10-21(18(25)9-19(23)26)30-24-15(11-27)12-29-20-8-14(2-4-17(20)24)22-5-3-16(33-22)13-28-6-7-31/h2-5,8-10,12,28,31H,6-7,13H2,1H3,(H,29,30). The molecule has 0 saturated heterocycles. The Kier molecular flexibility index (Phi) is 7.02. The lowest BCUT2D eigenvalue weighted by atomic mass is 10.1. The highest BCUT2D eigenvalue weighted by atomic mass is 35.5. The van der Waals surface area contributed by atoms with Gasteiger partial charge < -0.3 is 24.9 Å². The highest BCUT2D eigenvalue weighted by Crippen LogP contribution is 2.38. The lowest BCUT2D eigenvalue weighted by molar-refractivity contribution is 0.290. The Labute approximate surface area is 200 Å². The zero-order valence-electron chi connectivity index (χ0n) is 17.7. The van der Waals surface area contributed by atoms with E-state index in [1.165, 1.54) is 13.3 Å². The normalized spacial score (nSPS) is 10.9. The largest absolute Gasteiger partial charge is 0.495 e. The molecule has 4 rings (SSSR count). The first-order valence-corrected chi connectivity index (χ1v) is 10.8. The minimum atomic E-state index is 0.0684. The number of methoxy groups -OCH3 is 1. The van der Waals surface area contributed by atoms with Crippen LogP contribution in [-0.4, -0.2) is 30.4 Å². The summed E-state index contributed by atoms with van der Waals surface area (Å²) < 4.78 is 11.2. The van der Waals surface area contributed by atoms with Crippen LogP contribution in [0.4, 0.5) is 11.4 Å². The lowest BCUT2D eigenvalue weighted by Crippen LogP contribution is -2.16. The molecule has 0 aliphatic rings. The van der Waals surface area contributed by atoms with E-state index in [1.54, 1.807) is 12.1 Å². The predicted molar refractivity (Wildman–Crippen MR) is 129 cm³/mol. The van der Waals surface area contributed by atoms with Crippen LogP contribution < -0.4 is 15.4 Å². The molecular formula is C24H20Cl2N4O3. The monoisotopic (exact) mass is 482 g/mol. The molecule has 0 aliphatic carbocycles. The smallest absolute Gasteiger partial charge is 0.139 e. The predicted octanol–water partition coefficient (Wildman–Crippen LogP) is 5.51. The molecule has 0 amide bonds. The average Bonchev–Trinajstić information content (AvgIpc) is 3.29. The van der Waals surface area contributed by atoms with Gasteiger partial charge in [0.15, 0.2) is 0 Å². The fraction of sp³-hybridized carbons (Fsp3) is 0.167. The van der Waals surface area contributed by atoms with Crippen molar-refractivity contribution in [1.82, 2.24) is 10.3 Å². The quantitative estimate of drug-likeness (QED) is 0.284. The van der Waals surface area contributed by atoms with Crippen molar-refractivity contribution in [2.75, 3.05) is 25.6 Å². The van der Waals surface area contributed by atoms with Crippen LogP contribution in [0.3, 0.4) is 0 Å². The van der Waals surface area contributed by atoms with Gasteiger partial charge in [0.05, 0.1) is 52.8 Å². The number of pyridine rings is 1. The molecule has 0 radical (unpaired) electrons. The van der Waals surface area contributed by atoms with Gasteiger partial charge in [0.1, 0.15) is 23.3 Å². The van der Waals surface area contributed by atoms with E-state index in [9.17, 15) is 5.26 Å². The molecule has 0 aliphatic heterocycles. The first kappa shape index (κ1) is 22.9. The fourth-order valence-corrected chi connectivity index (χ4v) is 3.91. The van der Waals surface area contributed by atoms with E-state index in [0.717, 1.165) is 16.7 Å². The Morgan fingerprint density at radius 3 is 2.76 bits per heavy atom. The maximum Gasteiger partial charge on any atom is 0.139 e. The Bertz CT molecular complexity index is 1350. The van der Waals surface area contributed by atoms with Crippen molar-refractivity contribution in [3.8, 4) is 23.1 Å². The van der Waals surface area contributed by atoms with Crippen LogP contribution >= 0.6 is 23.2 Å². The van der Waals surface area contributed by atoms with Crippen LogP contribution in [0.1, 0.15) is 11.3 Å². The molecule has 2 heterocycles. The number of ether oxygens (including phenoxy) is 1. The number of furan rings is 1. The first-order valence-electron chi connectivity index (χ1n) is 10.1. The number of aromatic nitrogens is 1. The number of hydrogen-bond donors (Lipinski definition) is 3. The van der Waals surface area contributed by atoms with E-state index >= 15 is 0 Å². The number of halogens is 2. The molecule has 0 bridgehead atoms. The third-order valence-corrected chi connectivity index (χ3v) is 5.63. The van der Waals surface area contributed by atoms with Gasteiger partial charge >= 0.3 is 0 Å². The summed E-state index contributed by atoms with van der Waals surface area (Å²) in [4.78, 5) is 4.46. The van der Waals surface area contributed by atoms with Crippen molar-refractivity contribution in [2.24, 2.45) is 0 Å². The summed E-state index contributed by atoms with van der Waals surface area (Å²) in [6.07, 6.45) is 1.52. The van der Waals surface area contributed by atoms with Crippen LogP contribution in [-0.2, 0) is 6.54 Å². The number of aliphatic hydroxyl groups is 1. The Hall–Kier alpha value is -3.28. The average molecular weight is 483 g/mol. The summed E-state index contributed by atoms with van der Waals surface area (Å²) in [5.41, 5.74) is 3.04. The van der Waals surface area contributed by atoms with Crippen molar-refractivity contribution >= 4 is 45.5 Å². The molecule has 9 heteroatoms. The van der Waals surface area contributed by atoms with Gasteiger partial charge in [-0.1, -0.05) is 29.3 Å². The van der Waals surface area contributed by atoms with Crippen molar-refractivity contribution < 1.29 is 14.3 Å². The van der Waals surface area contributed by atoms with Crippen molar-refractivity contribution in [1.29, 1.82) is 5.26 Å². The maximum atomic E-state index is 9.65. The van der Waals surface area contributed by atoms with E-state index in [2.05, 4.69) is 21.7 Å². The number of hydrogen-bond acceptors (Lipinski definition) is 7. The second-order valence-corrected chi connectivity index (χ2v) is 7.96. The van der Waals surface area contributed by atoms with Gasteiger partial charge in [-0.2, -0.15) is 5.26 Å². The zero-order chi connectivity index (χ0) is 23.4. The topological polar surface area (TPSA) is 103 Å². The first-order chi connectivity index (χ1) is 16.0. The summed E-state index contributed by atoms with van der Waals surface area (Å²) in [6, 6.07) is 14.9. The van der Waals surface area contributed by atoms with E-state index < -0.39 is 0 Å². The molecule has 0 atom stereocenters. The Morgan fingerprint density at radius 2 is 2.00 bits per heavy atom. The summed E-state index contributed by atoms with van der Waals surface area (Å²) >= 11 is 12.5. The van der Waals surface area contributed by atoms with Crippen LogP contribution in [0.5, 0.6) is 5.75 Å². The molecule has 7 nitrogen and oxygen atoms in total. The lowest BCUT2D eigenvalue weighted by Gasteiger charge is -2.15. The molecule has 168 valence electrons. The molecule has 3 N–H and O–H groups in total. The van der Waals surface area contributed by atoms with Crippen molar-refractivity contribution in [3.05, 3.63) is 70.0 Å². The van der Waals surface area contributed by atoms with Crippen molar-refractivity contribution in [3.63, 3.8) is 0 Å². The van der Waals surface area contributed by atoms with Crippen LogP contribution in [0.25, 0.3) is 22.2 Å². The number of nitrogens with one attached hydrogen (secondary N) is 2. The van der Waals surface area contributed by atoms with Crippen molar-refractivity contribution in [2.45, 2.75) is 6.54 Å². The van der Waals surface area contributed by atoms with E-state index in [1.807, 2.05) is 30.3 Å². The molecule has 0 fully saturated rings. The highest BCUT2D eigenvalue weighted by molar-refractivity contribution is 6.37. The Balaban J connectivity index is 1.71. The number of aliphatic hydroxyl groups excluding tert-OH is 1. The van der Waals surface area contributed by atoms with Gasteiger partial charge in [-0.05, 0) is 30.3 Å². The minimum absolute atomic E-state index is 0.0684. The number of rotatable bonds is 8. The van der Waals surface area contributed by atoms with Gasteiger partial charge in [-0.25, -0.2) is 0 Å². The molecular weight excluding hydrogens is 463 g/mol. The molecule has 4 aromatic rings. The molecule has 2 aromatic carbocycles. The number of fused-ring (bicyclic) bond motifs is 1. The van der Waals surface area contributed by atoms with Gasteiger partial charge in [0, 0.05) is 29.8 Å². The maximum absolute atomic E-state index is 9.65. The number of anilines is 2. The zero-order valence-corrected chi connectivity index (χ0v) is 19.2. The summed E-state index contributed by atoms with van der Waals surface area (Å²) in [6.45, 7) is 1.09. The second kappa shape index (κ2) is 10.1. The van der Waals surface area contributed by atoms with E-state index in [4.69, 9.17) is 37.5 Å². The third-order valence-electron chi connectivity index (χ3n) is 5.02. The summed E-state index contributed by atoms with van der Waals surface area (Å²) in [7, 11) is 1.52.